The van der Waals surface area contributed by atoms with Crippen molar-refractivity contribution in [3.05, 3.63) is 35.4 Å². The lowest BCUT2D eigenvalue weighted by molar-refractivity contribution is -0.127. The molecule has 1 amide bonds. The van der Waals surface area contributed by atoms with Gasteiger partial charge in [0.1, 0.15) is 6.54 Å². The number of carbonyl (C=O) groups is 1. The Morgan fingerprint density at radius 1 is 1.32 bits per heavy atom. The predicted molar refractivity (Wildman–Crippen MR) is 115 cm³/mol. The van der Waals surface area contributed by atoms with Crippen LogP contribution < -0.4 is 10.6 Å². The smallest absolute Gasteiger partial charge is 0.243 e. The lowest BCUT2D eigenvalue weighted by Gasteiger charge is -2.28. The first-order valence-corrected chi connectivity index (χ1v) is 8.84. The van der Waals surface area contributed by atoms with Gasteiger partial charge in [0.25, 0.3) is 0 Å². The molecular formula is C19H31IN4O. The maximum absolute atomic E-state index is 11.8. The fourth-order valence-electron chi connectivity index (χ4n) is 2.77. The third kappa shape index (κ3) is 6.84. The van der Waals surface area contributed by atoms with Gasteiger partial charge in [0, 0.05) is 26.2 Å². The molecule has 0 aliphatic heterocycles. The number of guanidine groups is 1. The molecule has 1 aromatic carbocycles. The second-order valence-corrected chi connectivity index (χ2v) is 6.76. The first kappa shape index (κ1) is 21.7. The topological polar surface area (TPSA) is 56.7 Å². The molecule has 25 heavy (non-hydrogen) atoms. The molecule has 0 radical (unpaired) electrons. The minimum atomic E-state index is 0. The summed E-state index contributed by atoms with van der Waals surface area (Å²) in [5.41, 5.74) is 2.86. The lowest BCUT2D eigenvalue weighted by atomic mass is 9.88. The molecule has 2 unspecified atom stereocenters. The fraction of sp³-hybridized carbons (Fsp3) is 0.579. The quantitative estimate of drug-likeness (QED) is 0.405. The number of rotatable bonds is 5. The predicted octanol–water partition coefficient (Wildman–Crippen LogP) is 2.58. The van der Waals surface area contributed by atoms with Crippen molar-refractivity contribution in [1.82, 2.24) is 15.5 Å². The van der Waals surface area contributed by atoms with Gasteiger partial charge in [0.05, 0.1) is 0 Å². The summed E-state index contributed by atoms with van der Waals surface area (Å²) in [6.07, 6.45) is 4.18. The fourth-order valence-corrected chi connectivity index (χ4v) is 2.77. The van der Waals surface area contributed by atoms with Crippen molar-refractivity contribution in [3.8, 4) is 0 Å². The summed E-state index contributed by atoms with van der Waals surface area (Å²) in [6.45, 7) is 4.43. The van der Waals surface area contributed by atoms with Gasteiger partial charge in [-0.25, -0.2) is 4.99 Å². The molecule has 0 saturated carbocycles. The number of amides is 1. The summed E-state index contributed by atoms with van der Waals surface area (Å²) < 4.78 is 0. The molecule has 0 spiro atoms. The number of nitrogens with zero attached hydrogens (tertiary/aromatic N) is 2. The van der Waals surface area contributed by atoms with Gasteiger partial charge in [-0.2, -0.15) is 0 Å². The summed E-state index contributed by atoms with van der Waals surface area (Å²) in [5.74, 6) is 0.748. The highest BCUT2D eigenvalue weighted by molar-refractivity contribution is 14.0. The molecule has 2 rings (SSSR count). The van der Waals surface area contributed by atoms with E-state index in [1.807, 2.05) is 0 Å². The molecule has 2 atom stereocenters. The van der Waals surface area contributed by atoms with E-state index in [9.17, 15) is 4.79 Å². The van der Waals surface area contributed by atoms with E-state index in [0.717, 1.165) is 31.6 Å². The minimum absolute atomic E-state index is 0. The highest BCUT2D eigenvalue weighted by Gasteiger charge is 2.19. The molecule has 1 aromatic rings. The Bertz CT molecular complexity index is 589. The van der Waals surface area contributed by atoms with Gasteiger partial charge in [-0.3, -0.25) is 4.79 Å². The number of fused-ring (bicyclic) bond motifs is 1. The molecule has 1 aliphatic carbocycles. The minimum Gasteiger partial charge on any atom is -0.354 e. The van der Waals surface area contributed by atoms with Crippen molar-refractivity contribution in [2.75, 3.05) is 20.6 Å². The van der Waals surface area contributed by atoms with Crippen LogP contribution in [0, 0.1) is 0 Å². The van der Waals surface area contributed by atoms with Crippen LogP contribution in [0.5, 0.6) is 0 Å². The average molecular weight is 458 g/mol. The zero-order valence-electron chi connectivity index (χ0n) is 15.7. The van der Waals surface area contributed by atoms with Gasteiger partial charge in [-0.15, -0.1) is 24.0 Å². The number of aryl methyl sites for hydroxylation is 1. The van der Waals surface area contributed by atoms with Crippen molar-refractivity contribution < 1.29 is 4.79 Å². The Morgan fingerprint density at radius 2 is 2.00 bits per heavy atom. The van der Waals surface area contributed by atoms with Gasteiger partial charge < -0.3 is 15.5 Å². The van der Waals surface area contributed by atoms with Crippen LogP contribution in [0.25, 0.3) is 0 Å². The standard InChI is InChI=1S/C19H30N4O.HI/c1-5-14(2)21-19(20-13-18(24)23(3)4)22-17-11-10-15-8-6-7-9-16(15)12-17;/h6-9,14,17H,5,10-13H2,1-4H3,(H2,20,21,22);1H. The van der Waals surface area contributed by atoms with Crippen LogP contribution in [0.15, 0.2) is 29.3 Å². The van der Waals surface area contributed by atoms with E-state index in [0.29, 0.717) is 12.1 Å². The zero-order chi connectivity index (χ0) is 17.5. The largest absolute Gasteiger partial charge is 0.354 e. The molecule has 0 bridgehead atoms. The Kier molecular flexibility index (Phi) is 9.24. The average Bonchev–Trinajstić information content (AvgIpc) is 2.58. The molecular weight excluding hydrogens is 427 g/mol. The van der Waals surface area contributed by atoms with Crippen molar-refractivity contribution in [3.63, 3.8) is 0 Å². The van der Waals surface area contributed by atoms with Crippen LogP contribution in [0.2, 0.25) is 0 Å². The monoisotopic (exact) mass is 458 g/mol. The Morgan fingerprint density at radius 3 is 2.64 bits per heavy atom. The summed E-state index contributed by atoms with van der Waals surface area (Å²) >= 11 is 0. The van der Waals surface area contributed by atoms with Crippen molar-refractivity contribution in [2.45, 2.75) is 51.6 Å². The Balaban J connectivity index is 0.00000312. The van der Waals surface area contributed by atoms with Crippen LogP contribution in [0.4, 0.5) is 0 Å². The molecule has 5 nitrogen and oxygen atoms in total. The first-order chi connectivity index (χ1) is 11.5. The van der Waals surface area contributed by atoms with E-state index >= 15 is 0 Å². The van der Waals surface area contributed by atoms with Crippen molar-refractivity contribution >= 4 is 35.8 Å². The second-order valence-electron chi connectivity index (χ2n) is 6.76. The van der Waals surface area contributed by atoms with Crippen molar-refractivity contribution in [2.24, 2.45) is 4.99 Å². The molecule has 0 heterocycles. The van der Waals surface area contributed by atoms with Gasteiger partial charge in [-0.1, -0.05) is 31.2 Å². The maximum Gasteiger partial charge on any atom is 0.243 e. The molecule has 2 N–H and O–H groups in total. The number of benzene rings is 1. The van der Waals surface area contributed by atoms with Gasteiger partial charge >= 0.3 is 0 Å². The molecule has 140 valence electrons. The first-order valence-electron chi connectivity index (χ1n) is 8.84. The van der Waals surface area contributed by atoms with Crippen LogP contribution in [0.3, 0.4) is 0 Å². The molecule has 0 saturated heterocycles. The van der Waals surface area contributed by atoms with E-state index in [2.05, 4.69) is 53.7 Å². The van der Waals surface area contributed by atoms with Crippen LogP contribution in [-0.2, 0) is 17.6 Å². The highest BCUT2D eigenvalue weighted by Crippen LogP contribution is 2.20. The van der Waals surface area contributed by atoms with E-state index in [-0.39, 0.29) is 36.4 Å². The third-order valence-corrected chi connectivity index (χ3v) is 4.55. The molecule has 0 fully saturated rings. The number of carbonyl (C=O) groups excluding carboxylic acids is 1. The summed E-state index contributed by atoms with van der Waals surface area (Å²) in [5, 5.41) is 6.92. The van der Waals surface area contributed by atoms with Gasteiger partial charge in [0.2, 0.25) is 5.91 Å². The summed E-state index contributed by atoms with van der Waals surface area (Å²) in [6, 6.07) is 9.30. The molecule has 6 heteroatoms. The summed E-state index contributed by atoms with van der Waals surface area (Å²) in [7, 11) is 3.51. The number of aliphatic imine (C=N–C) groups is 1. The second kappa shape index (κ2) is 10.6. The zero-order valence-corrected chi connectivity index (χ0v) is 18.0. The van der Waals surface area contributed by atoms with E-state index in [4.69, 9.17) is 0 Å². The van der Waals surface area contributed by atoms with Crippen LogP contribution >= 0.6 is 24.0 Å². The van der Waals surface area contributed by atoms with Crippen LogP contribution in [0.1, 0.15) is 37.8 Å². The molecule has 1 aliphatic rings. The maximum atomic E-state index is 11.8. The normalized spacial score (nSPS) is 17.8. The van der Waals surface area contributed by atoms with E-state index in [1.165, 1.54) is 11.1 Å². The van der Waals surface area contributed by atoms with Crippen LogP contribution in [-0.4, -0.2) is 49.5 Å². The van der Waals surface area contributed by atoms with Gasteiger partial charge in [0.15, 0.2) is 5.96 Å². The number of halogens is 1. The number of hydrogen-bond donors (Lipinski definition) is 2. The Hall–Kier alpha value is -1.31. The summed E-state index contributed by atoms with van der Waals surface area (Å²) in [4.78, 5) is 17.9. The lowest BCUT2D eigenvalue weighted by Crippen LogP contribution is -2.48. The third-order valence-electron chi connectivity index (χ3n) is 4.55. The highest BCUT2D eigenvalue weighted by atomic mass is 127. The van der Waals surface area contributed by atoms with Gasteiger partial charge in [-0.05, 0) is 43.7 Å². The Labute approximate surface area is 168 Å². The molecule has 0 aromatic heterocycles. The SMILES string of the molecule is CCC(C)NC(=NCC(=O)N(C)C)NC1CCc2ccccc2C1.I. The van der Waals surface area contributed by atoms with E-state index in [1.54, 1.807) is 19.0 Å². The van der Waals surface area contributed by atoms with Crippen molar-refractivity contribution in [1.29, 1.82) is 0 Å². The van der Waals surface area contributed by atoms with E-state index < -0.39 is 0 Å². The number of nitrogens with one attached hydrogen (secondary N) is 2. The number of hydrogen-bond acceptors (Lipinski definition) is 2. The number of likely N-dealkylation sites (N-methyl/N-ethyl adjacent to an activating group) is 1.